The van der Waals surface area contributed by atoms with Gasteiger partial charge in [-0.15, -0.1) is 0 Å². The van der Waals surface area contributed by atoms with E-state index >= 15 is 0 Å². The van der Waals surface area contributed by atoms with Crippen LogP contribution in [0.2, 0.25) is 0 Å². The highest BCUT2D eigenvalue weighted by atomic mass is 19.4. The number of carbonyl (C=O) groups excluding carboxylic acids is 1. The summed E-state index contributed by atoms with van der Waals surface area (Å²) in [4.78, 5) is 29.4. The number of nitrogens with one attached hydrogen (secondary N) is 1. The summed E-state index contributed by atoms with van der Waals surface area (Å²) >= 11 is 0. The first kappa shape index (κ1) is 19.3. The van der Waals surface area contributed by atoms with Gasteiger partial charge in [-0.25, -0.2) is 14.8 Å². The molecule has 0 radical (unpaired) electrons. The number of rotatable bonds is 2. The van der Waals surface area contributed by atoms with Crippen LogP contribution in [0.4, 0.5) is 35.3 Å². The Labute approximate surface area is 175 Å². The van der Waals surface area contributed by atoms with Gasteiger partial charge in [0.1, 0.15) is 0 Å². The Morgan fingerprint density at radius 1 is 1.16 bits per heavy atom. The first-order valence-electron chi connectivity index (χ1n) is 9.70. The Hall–Kier alpha value is -3.69. The smallest absolute Gasteiger partial charge is 0.366 e. The third-order valence-corrected chi connectivity index (χ3v) is 5.45. The molecule has 2 aliphatic rings. The molecule has 1 N–H and O–H groups in total. The number of fused-ring (bicyclic) bond motifs is 4. The van der Waals surface area contributed by atoms with E-state index in [1.165, 1.54) is 24.7 Å². The summed E-state index contributed by atoms with van der Waals surface area (Å²) in [5, 5.41) is 2.73. The molecule has 2 aliphatic heterocycles. The van der Waals surface area contributed by atoms with Crippen LogP contribution in [-0.2, 0) is 6.18 Å². The molecule has 5 rings (SSSR count). The molecule has 10 heteroatoms. The third-order valence-electron chi connectivity index (χ3n) is 5.45. The highest BCUT2D eigenvalue weighted by molar-refractivity contribution is 6.04. The van der Waals surface area contributed by atoms with Crippen LogP contribution in [0.3, 0.4) is 0 Å². The lowest BCUT2D eigenvalue weighted by Gasteiger charge is -2.35. The number of carbonyl (C=O) groups is 1. The number of amides is 2. The van der Waals surface area contributed by atoms with E-state index in [2.05, 4.69) is 25.2 Å². The molecule has 158 valence electrons. The van der Waals surface area contributed by atoms with Crippen LogP contribution in [-0.4, -0.2) is 40.1 Å². The molecule has 1 atom stereocenters. The molecular weight excluding hydrogens is 409 g/mol. The molecule has 2 aromatic heterocycles. The lowest BCUT2D eigenvalue weighted by atomic mass is 10.1. The number of aromatic nitrogens is 3. The number of urea groups is 1. The van der Waals surface area contributed by atoms with Gasteiger partial charge in [0.15, 0.2) is 11.6 Å². The molecule has 4 heterocycles. The predicted octanol–water partition coefficient (Wildman–Crippen LogP) is 4.19. The number of pyridine rings is 1. The van der Waals surface area contributed by atoms with Gasteiger partial charge >= 0.3 is 12.2 Å². The summed E-state index contributed by atoms with van der Waals surface area (Å²) in [6.07, 6.45) is 0.738. The molecule has 0 saturated carbocycles. The summed E-state index contributed by atoms with van der Waals surface area (Å²) in [6.45, 7) is 1.45. The summed E-state index contributed by atoms with van der Waals surface area (Å²) in [6, 6.07) is 8.02. The Bertz CT molecular complexity index is 1140. The van der Waals surface area contributed by atoms with Gasteiger partial charge in [-0.3, -0.25) is 15.2 Å². The van der Waals surface area contributed by atoms with Gasteiger partial charge in [-0.05, 0) is 30.7 Å². The second-order valence-electron chi connectivity index (χ2n) is 7.40. The zero-order chi connectivity index (χ0) is 21.6. The van der Waals surface area contributed by atoms with E-state index < -0.39 is 17.8 Å². The van der Waals surface area contributed by atoms with Crippen LogP contribution in [0.25, 0.3) is 11.3 Å². The van der Waals surface area contributed by atoms with Gasteiger partial charge < -0.3 is 4.90 Å². The molecule has 0 aliphatic carbocycles. The Morgan fingerprint density at radius 2 is 2.03 bits per heavy atom. The molecule has 1 saturated heterocycles. The first-order chi connectivity index (χ1) is 14.9. The molecule has 2 amide bonds. The Balaban J connectivity index is 1.54. The average Bonchev–Trinajstić information content (AvgIpc) is 3.18. The van der Waals surface area contributed by atoms with E-state index in [9.17, 15) is 18.0 Å². The second kappa shape index (κ2) is 7.22. The van der Waals surface area contributed by atoms with E-state index in [-0.39, 0.29) is 6.04 Å². The van der Waals surface area contributed by atoms with E-state index in [0.29, 0.717) is 29.4 Å². The summed E-state index contributed by atoms with van der Waals surface area (Å²) in [7, 11) is 0. The molecule has 7 nitrogen and oxygen atoms in total. The standard InChI is InChI=1S/C21H17F3N6O/c22-21(23,24)14-3-1-2-13(10-14)16-4-5-17-19(27-16)30(15-6-9-29(17)12-15)20(31)28-18-11-25-7-8-26-18/h1-5,7-8,10-11,15H,6,9,12H2,(H,26,28,31)/t15-/m0/s1. The van der Waals surface area contributed by atoms with Crippen molar-refractivity contribution >= 4 is 23.4 Å². The maximum Gasteiger partial charge on any atom is 0.416 e. The zero-order valence-corrected chi connectivity index (χ0v) is 16.2. The molecule has 2 bridgehead atoms. The zero-order valence-electron chi connectivity index (χ0n) is 16.2. The van der Waals surface area contributed by atoms with Crippen molar-refractivity contribution in [3.63, 3.8) is 0 Å². The average molecular weight is 426 g/mol. The lowest BCUT2D eigenvalue weighted by molar-refractivity contribution is -0.137. The maximum absolute atomic E-state index is 13.1. The fourth-order valence-corrected chi connectivity index (χ4v) is 4.02. The molecular formula is C21H17F3N6O. The molecule has 31 heavy (non-hydrogen) atoms. The van der Waals surface area contributed by atoms with E-state index in [1.807, 2.05) is 6.07 Å². The van der Waals surface area contributed by atoms with Crippen molar-refractivity contribution in [2.75, 3.05) is 28.2 Å². The van der Waals surface area contributed by atoms with Crippen molar-refractivity contribution in [1.29, 1.82) is 0 Å². The number of hydrogen-bond donors (Lipinski definition) is 1. The summed E-state index contributed by atoms with van der Waals surface area (Å²) < 4.78 is 39.4. The van der Waals surface area contributed by atoms with Crippen LogP contribution in [0.5, 0.6) is 0 Å². The molecule has 0 spiro atoms. The van der Waals surface area contributed by atoms with Gasteiger partial charge in [-0.2, -0.15) is 13.2 Å². The Kier molecular flexibility index (Phi) is 4.49. The minimum Gasteiger partial charge on any atom is -0.366 e. The van der Waals surface area contributed by atoms with E-state index in [4.69, 9.17) is 0 Å². The van der Waals surface area contributed by atoms with Gasteiger partial charge in [0.05, 0.1) is 29.2 Å². The second-order valence-corrected chi connectivity index (χ2v) is 7.40. The molecule has 1 aromatic carbocycles. The van der Waals surface area contributed by atoms with Crippen LogP contribution >= 0.6 is 0 Å². The first-order valence-corrected chi connectivity index (χ1v) is 9.70. The van der Waals surface area contributed by atoms with Crippen molar-refractivity contribution in [3.05, 3.63) is 60.6 Å². The Morgan fingerprint density at radius 3 is 2.81 bits per heavy atom. The van der Waals surface area contributed by atoms with Gasteiger partial charge in [-0.1, -0.05) is 12.1 Å². The highest BCUT2D eigenvalue weighted by Gasteiger charge is 2.40. The summed E-state index contributed by atoms with van der Waals surface area (Å²) in [5.74, 6) is 0.730. The normalized spacial score (nSPS) is 17.5. The predicted molar refractivity (Wildman–Crippen MR) is 109 cm³/mol. The van der Waals surface area contributed by atoms with E-state index in [0.717, 1.165) is 30.8 Å². The van der Waals surface area contributed by atoms with Crippen molar-refractivity contribution in [3.8, 4) is 11.3 Å². The van der Waals surface area contributed by atoms with Crippen LogP contribution in [0, 0.1) is 0 Å². The lowest BCUT2D eigenvalue weighted by Crippen LogP contribution is -2.48. The number of alkyl halides is 3. The highest BCUT2D eigenvalue weighted by Crippen LogP contribution is 2.41. The molecule has 0 unspecified atom stereocenters. The van der Waals surface area contributed by atoms with Crippen molar-refractivity contribution in [2.24, 2.45) is 0 Å². The fourth-order valence-electron chi connectivity index (χ4n) is 4.02. The minimum atomic E-state index is -4.45. The topological polar surface area (TPSA) is 74.2 Å². The monoisotopic (exact) mass is 426 g/mol. The number of anilines is 3. The van der Waals surface area contributed by atoms with Gasteiger partial charge in [0, 0.05) is 31.0 Å². The number of benzene rings is 1. The van der Waals surface area contributed by atoms with Gasteiger partial charge in [0.25, 0.3) is 0 Å². The summed E-state index contributed by atoms with van der Waals surface area (Å²) in [5.41, 5.74) is 0.730. The number of nitrogens with zero attached hydrogens (tertiary/aromatic N) is 5. The fraction of sp³-hybridized carbons (Fsp3) is 0.238. The SMILES string of the molecule is O=C(Nc1cnccn1)N1c2nc(-c3cccc(C(F)(F)F)c3)ccc2N2CC[C@H]1C2. The minimum absolute atomic E-state index is 0.0894. The maximum atomic E-state index is 13.1. The van der Waals surface area contributed by atoms with Gasteiger partial charge in [0.2, 0.25) is 0 Å². The largest absolute Gasteiger partial charge is 0.416 e. The van der Waals surface area contributed by atoms with Crippen molar-refractivity contribution in [2.45, 2.75) is 18.6 Å². The van der Waals surface area contributed by atoms with Crippen molar-refractivity contribution < 1.29 is 18.0 Å². The van der Waals surface area contributed by atoms with Crippen molar-refractivity contribution in [1.82, 2.24) is 15.0 Å². The quantitative estimate of drug-likeness (QED) is 0.665. The van der Waals surface area contributed by atoms with Crippen LogP contribution < -0.4 is 15.1 Å². The number of halogens is 3. The van der Waals surface area contributed by atoms with E-state index in [1.54, 1.807) is 17.0 Å². The van der Waals surface area contributed by atoms with Crippen LogP contribution in [0.1, 0.15) is 12.0 Å². The van der Waals surface area contributed by atoms with Crippen LogP contribution in [0.15, 0.2) is 55.0 Å². The third kappa shape index (κ3) is 3.54. The molecule has 3 aromatic rings. The number of hydrogen-bond acceptors (Lipinski definition) is 5. The molecule has 1 fully saturated rings.